The van der Waals surface area contributed by atoms with Crippen LogP contribution in [0.5, 0.6) is 0 Å². The van der Waals surface area contributed by atoms with Gasteiger partial charge < -0.3 is 9.80 Å². The Kier molecular flexibility index (Phi) is 5.62. The molecule has 1 amide bonds. The number of rotatable bonds is 6. The Hall–Kier alpha value is -2.73. The normalized spacial score (nSPS) is 16.8. The van der Waals surface area contributed by atoms with Gasteiger partial charge in [-0.25, -0.2) is 9.67 Å². The predicted molar refractivity (Wildman–Crippen MR) is 115 cm³/mol. The van der Waals surface area contributed by atoms with Gasteiger partial charge in [-0.3, -0.25) is 4.79 Å². The highest BCUT2D eigenvalue weighted by atomic mass is 16.2. The molecule has 1 aliphatic rings. The second kappa shape index (κ2) is 8.33. The van der Waals surface area contributed by atoms with Crippen molar-refractivity contribution < 1.29 is 4.79 Å². The molecular weight excluding hydrogens is 362 g/mol. The smallest absolute Gasteiger partial charge is 0.227 e. The molecule has 0 N–H and O–H groups in total. The van der Waals surface area contributed by atoms with Crippen LogP contribution in [0.2, 0.25) is 0 Å². The van der Waals surface area contributed by atoms with Crippen molar-refractivity contribution >= 4 is 16.9 Å². The zero-order valence-corrected chi connectivity index (χ0v) is 17.5. The lowest BCUT2D eigenvalue weighted by Gasteiger charge is -2.16. The fourth-order valence-corrected chi connectivity index (χ4v) is 4.10. The molecule has 1 atom stereocenters. The summed E-state index contributed by atoms with van der Waals surface area (Å²) < 4.78 is 2.02. The summed E-state index contributed by atoms with van der Waals surface area (Å²) in [5.41, 5.74) is 4.30. The SMILES string of the molecule is Cc1cccc(CC(=O)N2CCC(c3nn(CCN(C)C)c4ncccc34)C2)c1. The number of likely N-dealkylation sites (tertiary alicyclic amines) is 1. The van der Waals surface area contributed by atoms with E-state index in [2.05, 4.69) is 49.1 Å². The molecule has 1 aliphatic heterocycles. The van der Waals surface area contributed by atoms with E-state index in [9.17, 15) is 4.79 Å². The Morgan fingerprint density at radius 1 is 1.24 bits per heavy atom. The molecule has 6 nitrogen and oxygen atoms in total. The molecule has 4 rings (SSSR count). The third kappa shape index (κ3) is 4.32. The summed E-state index contributed by atoms with van der Waals surface area (Å²) in [6.07, 6.45) is 3.24. The number of nitrogens with zero attached hydrogens (tertiary/aromatic N) is 5. The van der Waals surface area contributed by atoms with Gasteiger partial charge in [-0.15, -0.1) is 0 Å². The van der Waals surface area contributed by atoms with Gasteiger partial charge in [-0.05, 0) is 45.1 Å². The second-order valence-corrected chi connectivity index (χ2v) is 8.28. The van der Waals surface area contributed by atoms with Crippen LogP contribution in [-0.4, -0.2) is 64.2 Å². The topological polar surface area (TPSA) is 54.3 Å². The lowest BCUT2D eigenvalue weighted by Crippen LogP contribution is -2.30. The van der Waals surface area contributed by atoms with Gasteiger partial charge in [-0.1, -0.05) is 29.8 Å². The van der Waals surface area contributed by atoms with E-state index in [0.717, 1.165) is 54.9 Å². The minimum atomic E-state index is 0.201. The second-order valence-electron chi connectivity index (χ2n) is 8.28. The Labute approximate surface area is 172 Å². The quantitative estimate of drug-likeness (QED) is 0.648. The number of carbonyl (C=O) groups excluding carboxylic acids is 1. The number of aromatic nitrogens is 3. The summed E-state index contributed by atoms with van der Waals surface area (Å²) in [6, 6.07) is 12.3. The summed E-state index contributed by atoms with van der Waals surface area (Å²) in [5, 5.41) is 6.04. The first-order valence-corrected chi connectivity index (χ1v) is 10.3. The Balaban J connectivity index is 1.50. The van der Waals surface area contributed by atoms with Crippen LogP contribution in [0.3, 0.4) is 0 Å². The maximum Gasteiger partial charge on any atom is 0.227 e. The zero-order chi connectivity index (χ0) is 20.4. The van der Waals surface area contributed by atoms with Crippen molar-refractivity contribution in [3.8, 4) is 0 Å². The highest BCUT2D eigenvalue weighted by molar-refractivity contribution is 5.81. The van der Waals surface area contributed by atoms with Crippen molar-refractivity contribution in [2.75, 3.05) is 33.7 Å². The van der Waals surface area contributed by atoms with Crippen LogP contribution in [-0.2, 0) is 17.8 Å². The number of pyridine rings is 1. The van der Waals surface area contributed by atoms with Gasteiger partial charge in [-0.2, -0.15) is 5.10 Å². The number of aryl methyl sites for hydroxylation is 1. The first-order valence-electron chi connectivity index (χ1n) is 10.3. The summed E-state index contributed by atoms with van der Waals surface area (Å²) in [7, 11) is 4.13. The highest BCUT2D eigenvalue weighted by Gasteiger charge is 2.30. The number of amides is 1. The standard InChI is InChI=1S/C23H29N5O/c1-17-6-4-7-18(14-17)15-21(29)27-11-9-19(16-27)22-20-8-5-10-24-23(20)28(25-22)13-12-26(2)3/h4-8,10,14,19H,9,11-13,15-16H2,1-3H3. The molecule has 0 radical (unpaired) electrons. The van der Waals surface area contributed by atoms with Crippen LogP contribution in [0.1, 0.15) is 29.2 Å². The van der Waals surface area contributed by atoms with E-state index in [0.29, 0.717) is 6.42 Å². The van der Waals surface area contributed by atoms with E-state index in [-0.39, 0.29) is 11.8 Å². The predicted octanol–water partition coefficient (Wildman–Crippen LogP) is 2.86. The first kappa shape index (κ1) is 19.6. The molecule has 1 fully saturated rings. The molecule has 0 spiro atoms. The number of hydrogen-bond donors (Lipinski definition) is 0. The number of carbonyl (C=O) groups is 1. The fourth-order valence-electron chi connectivity index (χ4n) is 4.10. The third-order valence-corrected chi connectivity index (χ3v) is 5.66. The van der Waals surface area contributed by atoms with Gasteiger partial charge in [0.2, 0.25) is 5.91 Å². The van der Waals surface area contributed by atoms with E-state index in [4.69, 9.17) is 5.10 Å². The average Bonchev–Trinajstić information content (AvgIpc) is 3.31. The monoisotopic (exact) mass is 391 g/mol. The van der Waals surface area contributed by atoms with Crippen LogP contribution in [0, 0.1) is 6.92 Å². The van der Waals surface area contributed by atoms with E-state index < -0.39 is 0 Å². The van der Waals surface area contributed by atoms with Gasteiger partial charge in [0.25, 0.3) is 0 Å². The van der Waals surface area contributed by atoms with Gasteiger partial charge in [0.15, 0.2) is 5.65 Å². The lowest BCUT2D eigenvalue weighted by molar-refractivity contribution is -0.129. The van der Waals surface area contributed by atoms with Gasteiger partial charge in [0, 0.05) is 37.1 Å². The van der Waals surface area contributed by atoms with E-state index >= 15 is 0 Å². The summed E-state index contributed by atoms with van der Waals surface area (Å²) in [6.45, 7) is 5.31. The summed E-state index contributed by atoms with van der Waals surface area (Å²) in [5.74, 6) is 0.469. The lowest BCUT2D eigenvalue weighted by atomic mass is 10.0. The highest BCUT2D eigenvalue weighted by Crippen LogP contribution is 2.31. The van der Waals surface area contributed by atoms with Crippen molar-refractivity contribution in [3.63, 3.8) is 0 Å². The number of fused-ring (bicyclic) bond motifs is 1. The number of benzene rings is 1. The van der Waals surface area contributed by atoms with E-state index in [1.807, 2.05) is 34.0 Å². The molecule has 0 aliphatic carbocycles. The molecule has 152 valence electrons. The molecule has 3 heterocycles. The third-order valence-electron chi connectivity index (χ3n) is 5.66. The molecule has 0 saturated carbocycles. The molecule has 1 saturated heterocycles. The van der Waals surface area contributed by atoms with Crippen molar-refractivity contribution in [1.29, 1.82) is 0 Å². The minimum absolute atomic E-state index is 0.201. The largest absolute Gasteiger partial charge is 0.342 e. The molecule has 3 aromatic rings. The van der Waals surface area contributed by atoms with Crippen LogP contribution in [0.4, 0.5) is 0 Å². The molecule has 1 aromatic carbocycles. The van der Waals surface area contributed by atoms with Crippen LogP contribution >= 0.6 is 0 Å². The average molecular weight is 392 g/mol. The Morgan fingerprint density at radius 3 is 2.90 bits per heavy atom. The molecular formula is C23H29N5O. The Bertz CT molecular complexity index is 1010. The van der Waals surface area contributed by atoms with Crippen LogP contribution in [0.15, 0.2) is 42.6 Å². The fraction of sp³-hybridized carbons (Fsp3) is 0.435. The number of hydrogen-bond acceptors (Lipinski definition) is 4. The van der Waals surface area contributed by atoms with Crippen molar-refractivity contribution in [3.05, 3.63) is 59.4 Å². The van der Waals surface area contributed by atoms with Gasteiger partial charge in [0.1, 0.15) is 0 Å². The van der Waals surface area contributed by atoms with Gasteiger partial charge >= 0.3 is 0 Å². The molecule has 6 heteroatoms. The summed E-state index contributed by atoms with van der Waals surface area (Å²) >= 11 is 0. The zero-order valence-electron chi connectivity index (χ0n) is 17.5. The molecule has 0 bridgehead atoms. The minimum Gasteiger partial charge on any atom is -0.342 e. The van der Waals surface area contributed by atoms with E-state index in [1.165, 1.54) is 5.56 Å². The molecule has 1 unspecified atom stereocenters. The van der Waals surface area contributed by atoms with Crippen molar-refractivity contribution in [2.24, 2.45) is 0 Å². The molecule has 2 aromatic heterocycles. The maximum atomic E-state index is 12.8. The molecule has 29 heavy (non-hydrogen) atoms. The first-order chi connectivity index (χ1) is 14.0. The summed E-state index contributed by atoms with van der Waals surface area (Å²) in [4.78, 5) is 21.5. The van der Waals surface area contributed by atoms with Crippen molar-refractivity contribution in [1.82, 2.24) is 24.6 Å². The van der Waals surface area contributed by atoms with Crippen molar-refractivity contribution in [2.45, 2.75) is 32.2 Å². The van der Waals surface area contributed by atoms with Crippen LogP contribution in [0.25, 0.3) is 11.0 Å². The van der Waals surface area contributed by atoms with E-state index in [1.54, 1.807) is 0 Å². The van der Waals surface area contributed by atoms with Crippen LogP contribution < -0.4 is 0 Å². The van der Waals surface area contributed by atoms with Gasteiger partial charge in [0.05, 0.1) is 18.7 Å². The number of likely N-dealkylation sites (N-methyl/N-ethyl adjacent to an activating group) is 1. The maximum absolute atomic E-state index is 12.8. The Morgan fingerprint density at radius 2 is 2.10 bits per heavy atom.